The lowest BCUT2D eigenvalue weighted by molar-refractivity contribution is -0.150. The van der Waals surface area contributed by atoms with Crippen LogP contribution in [-0.4, -0.2) is 28.9 Å². The highest BCUT2D eigenvalue weighted by atomic mass is 16.4. The molecule has 0 aromatic rings. The van der Waals surface area contributed by atoms with E-state index in [1.165, 1.54) is 0 Å². The van der Waals surface area contributed by atoms with Crippen molar-refractivity contribution in [3.8, 4) is 0 Å². The van der Waals surface area contributed by atoms with Crippen LogP contribution in [0.15, 0.2) is 0 Å². The van der Waals surface area contributed by atoms with Crippen molar-refractivity contribution in [2.24, 2.45) is 11.3 Å². The number of urea groups is 1. The summed E-state index contributed by atoms with van der Waals surface area (Å²) in [7, 11) is 0. The Hall–Kier alpha value is -1.92. The van der Waals surface area contributed by atoms with Crippen molar-refractivity contribution >= 4 is 23.8 Å². The Morgan fingerprint density at radius 2 is 1.80 bits per heavy atom. The first-order valence-corrected chi connectivity index (χ1v) is 6.73. The smallest absolute Gasteiger partial charge is 0.328 e. The number of aliphatic carboxylic acids is 1. The van der Waals surface area contributed by atoms with E-state index in [9.17, 15) is 19.2 Å². The highest BCUT2D eigenvalue weighted by Gasteiger charge is 2.52. The third-order valence-corrected chi connectivity index (χ3v) is 3.79. The van der Waals surface area contributed by atoms with E-state index >= 15 is 0 Å². The molecule has 0 saturated carbocycles. The molecule has 1 saturated heterocycles. The molecule has 1 rings (SSSR count). The number of rotatable bonds is 7. The van der Waals surface area contributed by atoms with Gasteiger partial charge in [-0.15, -0.1) is 0 Å². The van der Waals surface area contributed by atoms with Gasteiger partial charge < -0.3 is 5.11 Å². The molecule has 7 nitrogen and oxygen atoms in total. The molecule has 1 heterocycles. The second kappa shape index (κ2) is 6.49. The lowest BCUT2D eigenvalue weighted by atomic mass is 9.68. The minimum atomic E-state index is -1.36. The summed E-state index contributed by atoms with van der Waals surface area (Å²) in [6.45, 7) is 3.71. The van der Waals surface area contributed by atoms with Gasteiger partial charge in [-0.1, -0.05) is 20.3 Å². The van der Waals surface area contributed by atoms with Crippen molar-refractivity contribution in [1.82, 2.24) is 10.6 Å². The Kier molecular flexibility index (Phi) is 5.24. The van der Waals surface area contributed by atoms with Gasteiger partial charge in [0.25, 0.3) is 0 Å². The van der Waals surface area contributed by atoms with Crippen molar-refractivity contribution in [2.75, 3.05) is 0 Å². The molecule has 0 spiro atoms. The van der Waals surface area contributed by atoms with Crippen LogP contribution >= 0.6 is 0 Å². The molecule has 7 heteroatoms. The second-order valence-electron chi connectivity index (χ2n) is 5.15. The SMILES string of the molecule is CCCC(C)C1(CCCC(=O)O)C(=O)NC(=O)NC1=O. The molecule has 1 aliphatic rings. The molecule has 1 aliphatic heterocycles. The number of hydrogen-bond donors (Lipinski definition) is 3. The minimum Gasteiger partial charge on any atom is -0.481 e. The zero-order chi connectivity index (χ0) is 15.3. The molecule has 0 aromatic carbocycles. The van der Waals surface area contributed by atoms with Gasteiger partial charge in [-0.05, 0) is 25.2 Å². The quantitative estimate of drug-likeness (QED) is 0.604. The summed E-state index contributed by atoms with van der Waals surface area (Å²) in [6, 6.07) is -0.822. The first-order chi connectivity index (χ1) is 9.34. The molecule has 0 aromatic heterocycles. The van der Waals surface area contributed by atoms with E-state index in [0.29, 0.717) is 6.42 Å². The van der Waals surface area contributed by atoms with Gasteiger partial charge in [0.2, 0.25) is 11.8 Å². The number of amides is 4. The predicted molar refractivity (Wildman–Crippen MR) is 69.7 cm³/mol. The zero-order valence-electron chi connectivity index (χ0n) is 11.7. The van der Waals surface area contributed by atoms with Crippen molar-refractivity contribution < 1.29 is 24.3 Å². The molecule has 1 atom stereocenters. The van der Waals surface area contributed by atoms with E-state index in [2.05, 4.69) is 10.6 Å². The molecule has 4 amide bonds. The first-order valence-electron chi connectivity index (χ1n) is 6.73. The fourth-order valence-corrected chi connectivity index (χ4v) is 2.68. The van der Waals surface area contributed by atoms with E-state index in [0.717, 1.165) is 6.42 Å². The van der Waals surface area contributed by atoms with Crippen LogP contribution in [0.5, 0.6) is 0 Å². The van der Waals surface area contributed by atoms with Gasteiger partial charge in [-0.25, -0.2) is 4.79 Å². The van der Waals surface area contributed by atoms with Gasteiger partial charge in [0.1, 0.15) is 5.41 Å². The van der Waals surface area contributed by atoms with E-state index < -0.39 is 29.2 Å². The minimum absolute atomic E-state index is 0.116. The Balaban J connectivity index is 2.99. The summed E-state index contributed by atoms with van der Waals surface area (Å²) in [5.74, 6) is -2.50. The lowest BCUT2D eigenvalue weighted by Crippen LogP contribution is -2.64. The van der Waals surface area contributed by atoms with Crippen LogP contribution in [0.3, 0.4) is 0 Å². The Labute approximate surface area is 117 Å². The summed E-state index contributed by atoms with van der Waals surface area (Å²) in [5.41, 5.74) is -1.36. The van der Waals surface area contributed by atoms with Gasteiger partial charge in [-0.3, -0.25) is 25.0 Å². The lowest BCUT2D eigenvalue weighted by Gasteiger charge is -2.38. The molecule has 3 N–H and O–H groups in total. The maximum atomic E-state index is 12.2. The van der Waals surface area contributed by atoms with Crippen molar-refractivity contribution in [3.05, 3.63) is 0 Å². The predicted octanol–water partition coefficient (Wildman–Crippen LogP) is 1.03. The Morgan fingerprint density at radius 1 is 1.25 bits per heavy atom. The van der Waals surface area contributed by atoms with Gasteiger partial charge in [0.05, 0.1) is 0 Å². The van der Waals surface area contributed by atoms with E-state index in [4.69, 9.17) is 5.11 Å². The topological polar surface area (TPSA) is 113 Å². The standard InChI is InChI=1S/C13H20N2O5/c1-3-5-8(2)13(7-4-6-9(16)17)10(18)14-12(20)15-11(13)19/h8H,3-7H2,1-2H3,(H,16,17)(H2,14,15,18,19,20). The highest BCUT2D eigenvalue weighted by molar-refractivity contribution is 6.19. The van der Waals surface area contributed by atoms with Crippen LogP contribution in [0.25, 0.3) is 0 Å². The largest absolute Gasteiger partial charge is 0.481 e. The van der Waals surface area contributed by atoms with Crippen molar-refractivity contribution in [3.63, 3.8) is 0 Å². The third kappa shape index (κ3) is 3.15. The van der Waals surface area contributed by atoms with Gasteiger partial charge in [0, 0.05) is 6.42 Å². The molecule has 0 radical (unpaired) electrons. The number of carboxylic acid groups (broad SMARTS) is 1. The molecule has 112 valence electrons. The fourth-order valence-electron chi connectivity index (χ4n) is 2.68. The van der Waals surface area contributed by atoms with E-state index in [1.807, 2.05) is 6.92 Å². The Bertz CT molecular complexity index is 412. The second-order valence-corrected chi connectivity index (χ2v) is 5.15. The fraction of sp³-hybridized carbons (Fsp3) is 0.692. The number of imide groups is 2. The molecule has 1 fully saturated rings. The summed E-state index contributed by atoms with van der Waals surface area (Å²) < 4.78 is 0. The number of hydrogen-bond acceptors (Lipinski definition) is 4. The maximum Gasteiger partial charge on any atom is 0.328 e. The average molecular weight is 284 g/mol. The number of carbonyl (C=O) groups is 4. The van der Waals surface area contributed by atoms with Crippen LogP contribution in [0.1, 0.15) is 46.0 Å². The van der Waals surface area contributed by atoms with Gasteiger partial charge in [0.15, 0.2) is 0 Å². The molecule has 1 unspecified atom stereocenters. The van der Waals surface area contributed by atoms with E-state index in [1.54, 1.807) is 6.92 Å². The maximum absolute atomic E-state index is 12.2. The number of carbonyl (C=O) groups excluding carboxylic acids is 3. The van der Waals surface area contributed by atoms with Crippen LogP contribution < -0.4 is 10.6 Å². The summed E-state index contributed by atoms with van der Waals surface area (Å²) in [6.07, 6.45) is 1.64. The summed E-state index contributed by atoms with van der Waals surface area (Å²) in [4.78, 5) is 46.2. The highest BCUT2D eigenvalue weighted by Crippen LogP contribution is 2.38. The number of barbiturate groups is 1. The van der Waals surface area contributed by atoms with Crippen LogP contribution in [0.2, 0.25) is 0 Å². The zero-order valence-corrected chi connectivity index (χ0v) is 11.7. The molecule has 0 bridgehead atoms. The third-order valence-electron chi connectivity index (χ3n) is 3.79. The first kappa shape index (κ1) is 16.1. The number of carboxylic acids is 1. The van der Waals surface area contributed by atoms with Crippen LogP contribution in [0, 0.1) is 11.3 Å². The van der Waals surface area contributed by atoms with Gasteiger partial charge >= 0.3 is 12.0 Å². The summed E-state index contributed by atoms with van der Waals surface area (Å²) in [5, 5.41) is 12.9. The van der Waals surface area contributed by atoms with Crippen LogP contribution in [-0.2, 0) is 14.4 Å². The normalized spacial score (nSPS) is 19.2. The Morgan fingerprint density at radius 3 is 2.25 bits per heavy atom. The monoisotopic (exact) mass is 284 g/mol. The van der Waals surface area contributed by atoms with Gasteiger partial charge in [-0.2, -0.15) is 0 Å². The average Bonchev–Trinajstić information content (AvgIpc) is 2.32. The molecule has 20 heavy (non-hydrogen) atoms. The van der Waals surface area contributed by atoms with Crippen molar-refractivity contribution in [1.29, 1.82) is 0 Å². The molecular formula is C13H20N2O5. The van der Waals surface area contributed by atoms with Crippen LogP contribution in [0.4, 0.5) is 4.79 Å². The molecule has 0 aliphatic carbocycles. The molecular weight excluding hydrogens is 264 g/mol. The van der Waals surface area contributed by atoms with Crippen molar-refractivity contribution in [2.45, 2.75) is 46.0 Å². The summed E-state index contributed by atoms with van der Waals surface area (Å²) >= 11 is 0. The number of nitrogens with one attached hydrogen (secondary N) is 2. The van der Waals surface area contributed by atoms with E-state index in [-0.39, 0.29) is 25.2 Å².